The molecule has 6 nitrogen and oxygen atoms in total. The SMILES string of the molecule is O=C1OC2CCCC2c2nc(Cl)ccc21.O=C1O[C@H]2CCC[C@H]2c2nc(Cl)ccc21. The number of nitrogens with zero attached hydrogens (tertiary/aromatic N) is 2. The average Bonchev–Trinajstić information content (AvgIpc) is 3.38. The third-order valence-corrected chi connectivity index (χ3v) is 6.77. The maximum atomic E-state index is 11.6. The number of rotatable bonds is 0. The van der Waals surface area contributed by atoms with Gasteiger partial charge in [-0.2, -0.15) is 0 Å². The second-order valence-corrected chi connectivity index (χ2v) is 8.87. The van der Waals surface area contributed by atoms with Gasteiger partial charge in [-0.05, 0) is 62.8 Å². The number of halogens is 2. The Morgan fingerprint density at radius 3 is 1.57 bits per heavy atom. The molecule has 0 radical (unpaired) electrons. The van der Waals surface area contributed by atoms with Gasteiger partial charge in [0.25, 0.3) is 0 Å². The van der Waals surface area contributed by atoms with E-state index in [9.17, 15) is 9.59 Å². The van der Waals surface area contributed by atoms with Crippen molar-refractivity contribution in [2.24, 2.45) is 0 Å². The lowest BCUT2D eigenvalue weighted by Gasteiger charge is -2.26. The van der Waals surface area contributed by atoms with Crippen LogP contribution in [0.3, 0.4) is 0 Å². The van der Waals surface area contributed by atoms with Crippen molar-refractivity contribution in [2.45, 2.75) is 62.6 Å². The fourth-order valence-electron chi connectivity index (χ4n) is 4.97. The van der Waals surface area contributed by atoms with E-state index in [1.54, 1.807) is 24.3 Å². The molecule has 2 unspecified atom stereocenters. The van der Waals surface area contributed by atoms with Gasteiger partial charge in [-0.3, -0.25) is 0 Å². The van der Waals surface area contributed by atoms with Crippen molar-refractivity contribution in [1.82, 2.24) is 9.97 Å². The highest BCUT2D eigenvalue weighted by Gasteiger charge is 2.41. The number of ether oxygens (including phenoxy) is 2. The molecule has 0 amide bonds. The first-order valence-corrected chi connectivity index (χ1v) is 11.0. The van der Waals surface area contributed by atoms with Crippen molar-refractivity contribution >= 4 is 35.1 Å². The van der Waals surface area contributed by atoms with Crippen molar-refractivity contribution in [3.05, 3.63) is 57.1 Å². The highest BCUT2D eigenvalue weighted by molar-refractivity contribution is 6.29. The number of carbonyl (C=O) groups is 2. The second kappa shape index (κ2) is 7.82. The second-order valence-electron chi connectivity index (χ2n) is 8.10. The third-order valence-electron chi connectivity index (χ3n) is 6.35. The topological polar surface area (TPSA) is 78.4 Å². The minimum absolute atomic E-state index is 0.0240. The predicted molar refractivity (Wildman–Crippen MR) is 110 cm³/mol. The van der Waals surface area contributed by atoms with Crippen molar-refractivity contribution in [3.63, 3.8) is 0 Å². The minimum atomic E-state index is -0.252. The van der Waals surface area contributed by atoms with Crippen LogP contribution in [0.2, 0.25) is 10.3 Å². The molecule has 0 aromatic carbocycles. The maximum Gasteiger partial charge on any atom is 0.340 e. The number of carbonyl (C=O) groups excluding carboxylic acids is 2. The molecule has 2 aromatic rings. The normalized spacial score (nSPS) is 28.2. The van der Waals surface area contributed by atoms with E-state index in [1.165, 1.54) is 0 Å². The molecule has 0 saturated heterocycles. The summed E-state index contributed by atoms with van der Waals surface area (Å²) in [6, 6.07) is 6.69. The van der Waals surface area contributed by atoms with Crippen LogP contribution in [0.4, 0.5) is 0 Å². The van der Waals surface area contributed by atoms with E-state index in [-0.39, 0.29) is 36.0 Å². The predicted octanol–water partition coefficient (Wildman–Crippen LogP) is 5.08. The molecule has 2 fully saturated rings. The lowest BCUT2D eigenvalue weighted by Crippen LogP contribution is -2.29. The number of hydrogen-bond acceptors (Lipinski definition) is 6. The maximum absolute atomic E-state index is 11.6. The number of aromatic nitrogens is 2. The summed E-state index contributed by atoms with van der Waals surface area (Å²) in [5, 5.41) is 0.906. The van der Waals surface area contributed by atoms with Crippen LogP contribution in [-0.2, 0) is 9.47 Å². The van der Waals surface area contributed by atoms with Gasteiger partial charge in [0.2, 0.25) is 0 Å². The molecule has 2 aromatic heterocycles. The first-order chi connectivity index (χ1) is 14.5. The van der Waals surface area contributed by atoms with Gasteiger partial charge in [0.15, 0.2) is 0 Å². The monoisotopic (exact) mass is 446 g/mol. The van der Waals surface area contributed by atoms with Crippen LogP contribution in [0.5, 0.6) is 0 Å². The van der Waals surface area contributed by atoms with Crippen LogP contribution in [0.25, 0.3) is 0 Å². The molecule has 0 bridgehead atoms. The number of pyridine rings is 2. The zero-order valence-electron chi connectivity index (χ0n) is 16.1. The smallest absolute Gasteiger partial charge is 0.340 e. The number of esters is 2. The molecule has 4 heterocycles. The Hall–Kier alpha value is -2.18. The van der Waals surface area contributed by atoms with Crippen molar-refractivity contribution < 1.29 is 19.1 Å². The quantitative estimate of drug-likeness (QED) is 0.414. The van der Waals surface area contributed by atoms with Gasteiger partial charge < -0.3 is 9.47 Å². The molecule has 0 N–H and O–H groups in total. The lowest BCUT2D eigenvalue weighted by atomic mass is 9.94. The first-order valence-electron chi connectivity index (χ1n) is 10.3. The van der Waals surface area contributed by atoms with Crippen molar-refractivity contribution in [2.75, 3.05) is 0 Å². The van der Waals surface area contributed by atoms with E-state index in [1.807, 2.05) is 0 Å². The fraction of sp³-hybridized carbons (Fsp3) is 0.455. The molecule has 6 rings (SSSR count). The number of fused-ring (bicyclic) bond motifs is 6. The van der Waals surface area contributed by atoms with Crippen molar-refractivity contribution in [3.8, 4) is 0 Å². The first kappa shape index (κ1) is 19.8. The van der Waals surface area contributed by atoms with Gasteiger partial charge in [-0.15, -0.1) is 0 Å². The Bertz CT molecular complexity index is 947. The summed E-state index contributed by atoms with van der Waals surface area (Å²) >= 11 is 11.7. The van der Waals surface area contributed by atoms with E-state index in [0.717, 1.165) is 49.9 Å². The minimum Gasteiger partial charge on any atom is -0.458 e. The molecule has 2 aliphatic carbocycles. The Morgan fingerprint density at radius 2 is 1.13 bits per heavy atom. The molecule has 30 heavy (non-hydrogen) atoms. The van der Waals surface area contributed by atoms with Crippen LogP contribution in [-0.4, -0.2) is 34.1 Å². The molecular weight excluding hydrogens is 427 g/mol. The largest absolute Gasteiger partial charge is 0.458 e. The van der Waals surface area contributed by atoms with Gasteiger partial charge in [-0.25, -0.2) is 19.6 Å². The standard InChI is InChI=1S/2C11H10ClNO2/c2*12-9-5-4-7-10(13-9)6-2-1-3-8(6)15-11(7)14/h2*4-6,8H,1-3H2/t6-,8+;/m1./s1. The molecule has 8 heteroatoms. The van der Waals surface area contributed by atoms with E-state index in [2.05, 4.69) is 9.97 Å². The van der Waals surface area contributed by atoms with E-state index in [0.29, 0.717) is 21.4 Å². The van der Waals surface area contributed by atoms with E-state index >= 15 is 0 Å². The molecule has 2 aliphatic heterocycles. The van der Waals surface area contributed by atoms with Crippen molar-refractivity contribution in [1.29, 1.82) is 0 Å². The van der Waals surface area contributed by atoms with Crippen LogP contribution in [0, 0.1) is 0 Å². The fourth-order valence-corrected chi connectivity index (χ4v) is 5.28. The van der Waals surface area contributed by atoms with Gasteiger partial charge >= 0.3 is 11.9 Å². The van der Waals surface area contributed by atoms with Crippen LogP contribution in [0.1, 0.15) is 82.5 Å². The van der Waals surface area contributed by atoms with Gasteiger partial charge in [0, 0.05) is 11.8 Å². The van der Waals surface area contributed by atoms with Crippen LogP contribution < -0.4 is 0 Å². The molecule has 4 aliphatic rings. The van der Waals surface area contributed by atoms with Crippen LogP contribution in [0.15, 0.2) is 24.3 Å². The summed E-state index contributed by atoms with van der Waals surface area (Å²) in [7, 11) is 0. The summed E-state index contributed by atoms with van der Waals surface area (Å²) in [4.78, 5) is 31.8. The van der Waals surface area contributed by atoms with Gasteiger partial charge in [0.05, 0.1) is 22.5 Å². The Kier molecular flexibility index (Phi) is 5.15. The van der Waals surface area contributed by atoms with Crippen LogP contribution >= 0.6 is 23.2 Å². The zero-order valence-corrected chi connectivity index (χ0v) is 17.7. The third kappa shape index (κ3) is 3.46. The Morgan fingerprint density at radius 1 is 0.700 bits per heavy atom. The molecule has 156 valence electrons. The summed E-state index contributed by atoms with van der Waals surface area (Å²) in [6.45, 7) is 0. The van der Waals surface area contributed by atoms with E-state index in [4.69, 9.17) is 32.7 Å². The van der Waals surface area contributed by atoms with Gasteiger partial charge in [0.1, 0.15) is 22.5 Å². The summed E-state index contributed by atoms with van der Waals surface area (Å²) < 4.78 is 10.7. The molecule has 0 spiro atoms. The average molecular weight is 447 g/mol. The molecular formula is C22H20Cl2N2O4. The summed E-state index contributed by atoms with van der Waals surface area (Å²) in [5.74, 6) is 0.0161. The molecule has 4 atom stereocenters. The summed E-state index contributed by atoms with van der Waals surface area (Å²) in [6.07, 6.45) is 6.21. The Labute approximate surface area is 183 Å². The zero-order chi connectivity index (χ0) is 20.8. The van der Waals surface area contributed by atoms with E-state index < -0.39 is 0 Å². The highest BCUT2D eigenvalue weighted by atomic mass is 35.5. The summed E-state index contributed by atoms with van der Waals surface area (Å²) in [5.41, 5.74) is 2.84. The lowest BCUT2D eigenvalue weighted by molar-refractivity contribution is 0.0213. The molecule has 2 saturated carbocycles. The Balaban J connectivity index is 0.000000128. The van der Waals surface area contributed by atoms with Gasteiger partial charge in [-0.1, -0.05) is 23.2 Å². The number of hydrogen-bond donors (Lipinski definition) is 0. The highest BCUT2D eigenvalue weighted by Crippen LogP contribution is 2.42.